The number of nitro benzene ring substituents is 1. The first-order valence-corrected chi connectivity index (χ1v) is 9.46. The maximum Gasteiger partial charge on any atom is 0.275 e. The molecule has 1 unspecified atom stereocenters. The van der Waals surface area contributed by atoms with Gasteiger partial charge in [0, 0.05) is 12.0 Å². The highest BCUT2D eigenvalue weighted by molar-refractivity contribution is 5.42. The van der Waals surface area contributed by atoms with E-state index in [4.69, 9.17) is 9.47 Å². The van der Waals surface area contributed by atoms with Crippen LogP contribution in [0, 0.1) is 22.0 Å². The van der Waals surface area contributed by atoms with Gasteiger partial charge in [-0.25, -0.2) is 0 Å². The fraction of sp³-hybridized carbons (Fsp3) is 0.714. The van der Waals surface area contributed by atoms with Gasteiger partial charge < -0.3 is 9.47 Å². The summed E-state index contributed by atoms with van der Waals surface area (Å²) in [6.45, 7) is 14.4. The molecular weight excluding hydrogens is 330 g/mol. The smallest absolute Gasteiger partial charge is 0.275 e. The molecule has 0 spiro atoms. The van der Waals surface area contributed by atoms with E-state index < -0.39 is 5.60 Å². The molecule has 146 valence electrons. The number of benzene rings is 1. The van der Waals surface area contributed by atoms with E-state index in [2.05, 4.69) is 27.7 Å². The van der Waals surface area contributed by atoms with Crippen molar-refractivity contribution in [3.63, 3.8) is 0 Å². The first kappa shape index (κ1) is 20.8. The molecule has 0 saturated heterocycles. The Hall–Kier alpha value is -1.46. The topological polar surface area (TPSA) is 61.6 Å². The van der Waals surface area contributed by atoms with Crippen molar-refractivity contribution in [3.8, 4) is 0 Å². The first-order chi connectivity index (χ1) is 11.9. The lowest BCUT2D eigenvalue weighted by molar-refractivity contribution is -0.386. The Morgan fingerprint density at radius 3 is 2.23 bits per heavy atom. The van der Waals surface area contributed by atoms with Crippen molar-refractivity contribution in [2.45, 2.75) is 84.7 Å². The molecule has 1 aromatic carbocycles. The van der Waals surface area contributed by atoms with Gasteiger partial charge in [0.15, 0.2) is 0 Å². The van der Waals surface area contributed by atoms with E-state index >= 15 is 0 Å². The van der Waals surface area contributed by atoms with Crippen LogP contribution in [0.1, 0.15) is 73.0 Å². The van der Waals surface area contributed by atoms with Crippen LogP contribution in [0.5, 0.6) is 0 Å². The van der Waals surface area contributed by atoms with Crippen LogP contribution in [0.2, 0.25) is 0 Å². The van der Waals surface area contributed by atoms with Gasteiger partial charge in [-0.2, -0.15) is 0 Å². The molecule has 0 N–H and O–H groups in total. The van der Waals surface area contributed by atoms with Gasteiger partial charge in [0.05, 0.1) is 33.9 Å². The molecule has 1 saturated carbocycles. The summed E-state index contributed by atoms with van der Waals surface area (Å²) in [5, 5.41) is 11.6. The zero-order valence-electron chi connectivity index (χ0n) is 17.1. The second kappa shape index (κ2) is 7.65. The van der Waals surface area contributed by atoms with E-state index in [1.165, 1.54) is 0 Å². The minimum Gasteiger partial charge on any atom is -0.372 e. The molecule has 5 heteroatoms. The zero-order chi connectivity index (χ0) is 19.7. The van der Waals surface area contributed by atoms with Crippen LogP contribution in [0.25, 0.3) is 0 Å². The summed E-state index contributed by atoms with van der Waals surface area (Å²) < 4.78 is 12.8. The van der Waals surface area contributed by atoms with Crippen molar-refractivity contribution in [2.24, 2.45) is 11.8 Å². The molecule has 5 nitrogen and oxygen atoms in total. The SMILES string of the molecule is C[C@@H]1C[C@H](C(OC(C)(C)C)c2ccccc2[N+](=O)[O-])[C@H](OC(C)(C)C)C1. The summed E-state index contributed by atoms with van der Waals surface area (Å²) in [6, 6.07) is 6.94. The molecule has 0 radical (unpaired) electrons. The summed E-state index contributed by atoms with van der Waals surface area (Å²) in [5.41, 5.74) is 0.0961. The van der Waals surface area contributed by atoms with Crippen LogP contribution >= 0.6 is 0 Å². The Morgan fingerprint density at radius 1 is 1.08 bits per heavy atom. The van der Waals surface area contributed by atoms with Gasteiger partial charge in [0.1, 0.15) is 0 Å². The van der Waals surface area contributed by atoms with E-state index in [1.54, 1.807) is 12.1 Å². The van der Waals surface area contributed by atoms with Crippen LogP contribution in [0.15, 0.2) is 24.3 Å². The highest BCUT2D eigenvalue weighted by Crippen LogP contribution is 2.47. The Labute approximate surface area is 157 Å². The highest BCUT2D eigenvalue weighted by atomic mass is 16.6. The van der Waals surface area contributed by atoms with Crippen molar-refractivity contribution in [1.29, 1.82) is 0 Å². The van der Waals surface area contributed by atoms with Gasteiger partial charge in [-0.3, -0.25) is 10.1 Å². The standard InChI is InChI=1S/C21H33NO4/c1-14-12-16(18(13-14)25-20(2,3)4)19(26-21(5,6)7)15-10-8-9-11-17(15)22(23)24/h8-11,14,16,18-19H,12-13H2,1-7H3/t14-,16+,18-,19?/m1/s1. The maximum atomic E-state index is 11.6. The fourth-order valence-electron chi connectivity index (χ4n) is 3.85. The minimum atomic E-state index is -0.410. The summed E-state index contributed by atoms with van der Waals surface area (Å²) in [6.07, 6.45) is 1.55. The monoisotopic (exact) mass is 363 g/mol. The summed E-state index contributed by atoms with van der Waals surface area (Å²) >= 11 is 0. The molecule has 0 aromatic heterocycles. The molecule has 0 heterocycles. The van der Waals surface area contributed by atoms with E-state index in [1.807, 2.05) is 32.9 Å². The summed E-state index contributed by atoms with van der Waals surface area (Å²) in [7, 11) is 0. The van der Waals surface area contributed by atoms with Gasteiger partial charge in [0.25, 0.3) is 5.69 Å². The van der Waals surface area contributed by atoms with E-state index in [0.717, 1.165) is 12.8 Å². The van der Waals surface area contributed by atoms with Gasteiger partial charge in [-0.1, -0.05) is 19.1 Å². The van der Waals surface area contributed by atoms with Crippen molar-refractivity contribution >= 4 is 5.69 Å². The average molecular weight is 363 g/mol. The number of hydrogen-bond donors (Lipinski definition) is 0. The largest absolute Gasteiger partial charge is 0.372 e. The molecule has 0 aliphatic heterocycles. The quantitative estimate of drug-likeness (QED) is 0.499. The molecule has 0 amide bonds. The van der Waals surface area contributed by atoms with Crippen LogP contribution in [0.4, 0.5) is 5.69 Å². The molecule has 1 aliphatic carbocycles. The molecular formula is C21H33NO4. The maximum absolute atomic E-state index is 11.6. The zero-order valence-corrected chi connectivity index (χ0v) is 17.1. The van der Waals surface area contributed by atoms with Gasteiger partial charge in [-0.15, -0.1) is 0 Å². The highest BCUT2D eigenvalue weighted by Gasteiger charge is 2.44. The molecule has 0 bridgehead atoms. The predicted octanol–water partition coefficient (Wildman–Crippen LogP) is 5.68. The van der Waals surface area contributed by atoms with E-state index in [-0.39, 0.29) is 34.3 Å². The third kappa shape index (κ3) is 5.52. The fourth-order valence-corrected chi connectivity index (χ4v) is 3.85. The van der Waals surface area contributed by atoms with Gasteiger partial charge in [-0.05, 0) is 66.4 Å². The third-order valence-electron chi connectivity index (χ3n) is 4.60. The molecule has 1 aliphatic rings. The number of ether oxygens (including phenoxy) is 2. The van der Waals surface area contributed by atoms with Crippen molar-refractivity contribution < 1.29 is 14.4 Å². The van der Waals surface area contributed by atoms with Crippen molar-refractivity contribution in [1.82, 2.24) is 0 Å². The number of hydrogen-bond acceptors (Lipinski definition) is 4. The van der Waals surface area contributed by atoms with Crippen LogP contribution in [-0.4, -0.2) is 22.2 Å². The van der Waals surface area contributed by atoms with Crippen LogP contribution < -0.4 is 0 Å². The summed E-state index contributed by atoms with van der Waals surface area (Å²) in [5.74, 6) is 0.589. The second-order valence-corrected chi connectivity index (χ2v) is 9.48. The van der Waals surface area contributed by atoms with Gasteiger partial charge >= 0.3 is 0 Å². The Balaban J connectivity index is 2.46. The second-order valence-electron chi connectivity index (χ2n) is 9.48. The van der Waals surface area contributed by atoms with Crippen LogP contribution in [0.3, 0.4) is 0 Å². The Morgan fingerprint density at radius 2 is 1.69 bits per heavy atom. The molecule has 26 heavy (non-hydrogen) atoms. The number of nitro groups is 1. The Kier molecular flexibility index (Phi) is 6.13. The number of para-hydroxylation sites is 1. The lowest BCUT2D eigenvalue weighted by Gasteiger charge is -2.36. The molecule has 2 rings (SSSR count). The third-order valence-corrected chi connectivity index (χ3v) is 4.60. The number of rotatable bonds is 5. The molecule has 4 atom stereocenters. The average Bonchev–Trinajstić information content (AvgIpc) is 2.82. The minimum absolute atomic E-state index is 0.0251. The van der Waals surface area contributed by atoms with E-state index in [9.17, 15) is 10.1 Å². The molecule has 1 fully saturated rings. The van der Waals surface area contributed by atoms with E-state index in [0.29, 0.717) is 11.5 Å². The lowest BCUT2D eigenvalue weighted by Crippen LogP contribution is -2.36. The van der Waals surface area contributed by atoms with Crippen molar-refractivity contribution in [2.75, 3.05) is 0 Å². The van der Waals surface area contributed by atoms with Gasteiger partial charge in [0.2, 0.25) is 0 Å². The van der Waals surface area contributed by atoms with Crippen LogP contribution in [-0.2, 0) is 9.47 Å². The predicted molar refractivity (Wildman–Crippen MR) is 103 cm³/mol. The summed E-state index contributed by atoms with van der Waals surface area (Å²) in [4.78, 5) is 11.3. The lowest BCUT2D eigenvalue weighted by atomic mass is 9.90. The first-order valence-electron chi connectivity index (χ1n) is 9.46. The van der Waals surface area contributed by atoms with Crippen molar-refractivity contribution in [3.05, 3.63) is 39.9 Å². The number of nitrogens with zero attached hydrogens (tertiary/aromatic N) is 1. The molecule has 1 aromatic rings. The Bertz CT molecular complexity index is 630. The normalized spacial score (nSPS) is 25.3.